The lowest BCUT2D eigenvalue weighted by Gasteiger charge is -2.08. The van der Waals surface area contributed by atoms with Gasteiger partial charge in [-0.15, -0.1) is 0 Å². The fourth-order valence-corrected chi connectivity index (χ4v) is 2.10. The summed E-state index contributed by atoms with van der Waals surface area (Å²) >= 11 is 0. The first-order valence-electron chi connectivity index (χ1n) is 7.08. The fourth-order valence-electron chi connectivity index (χ4n) is 2.10. The van der Waals surface area contributed by atoms with Crippen LogP contribution in [0.4, 0.5) is 4.79 Å². The summed E-state index contributed by atoms with van der Waals surface area (Å²) in [6.07, 6.45) is 2.48. The van der Waals surface area contributed by atoms with Crippen LogP contribution in [0.1, 0.15) is 23.2 Å². The highest BCUT2D eigenvalue weighted by atomic mass is 16.2. The molecule has 5 heteroatoms. The third-order valence-electron chi connectivity index (χ3n) is 3.23. The SMILES string of the molecule is O=C(NCC#CCN1CCCC1)NC(=O)c1ccccc1. The van der Waals surface area contributed by atoms with Crippen molar-refractivity contribution in [1.82, 2.24) is 15.5 Å². The number of benzene rings is 1. The molecule has 2 N–H and O–H groups in total. The number of rotatable bonds is 3. The van der Waals surface area contributed by atoms with Crippen molar-refractivity contribution < 1.29 is 9.59 Å². The summed E-state index contributed by atoms with van der Waals surface area (Å²) in [4.78, 5) is 25.5. The molecular formula is C16H19N3O2. The summed E-state index contributed by atoms with van der Waals surface area (Å²) < 4.78 is 0. The molecule has 1 aromatic carbocycles. The number of urea groups is 1. The standard InChI is InChI=1S/C16H19N3O2/c20-15(14-8-2-1-3-9-14)18-16(21)17-10-4-5-11-19-12-6-7-13-19/h1-3,8-9H,6-7,10-13H2,(H2,17,18,20,21). The van der Waals surface area contributed by atoms with E-state index in [9.17, 15) is 9.59 Å². The van der Waals surface area contributed by atoms with E-state index in [2.05, 4.69) is 27.4 Å². The molecule has 0 aliphatic carbocycles. The van der Waals surface area contributed by atoms with E-state index < -0.39 is 11.9 Å². The summed E-state index contributed by atoms with van der Waals surface area (Å²) in [5.74, 6) is 5.48. The first-order chi connectivity index (χ1) is 10.3. The summed E-state index contributed by atoms with van der Waals surface area (Å²) in [5.41, 5.74) is 0.452. The van der Waals surface area contributed by atoms with Crippen LogP contribution in [0.15, 0.2) is 30.3 Å². The summed E-state index contributed by atoms with van der Waals surface area (Å²) in [6.45, 7) is 3.19. The Morgan fingerprint density at radius 3 is 2.52 bits per heavy atom. The minimum atomic E-state index is -0.528. The van der Waals surface area contributed by atoms with Crippen molar-refractivity contribution in [1.29, 1.82) is 0 Å². The normalized spacial score (nSPS) is 14.1. The van der Waals surface area contributed by atoms with E-state index >= 15 is 0 Å². The summed E-state index contributed by atoms with van der Waals surface area (Å²) in [6, 6.07) is 8.08. The lowest BCUT2D eigenvalue weighted by molar-refractivity contribution is 0.0964. The van der Waals surface area contributed by atoms with Crippen molar-refractivity contribution in [3.63, 3.8) is 0 Å². The fraction of sp³-hybridized carbons (Fsp3) is 0.375. The largest absolute Gasteiger partial charge is 0.327 e. The van der Waals surface area contributed by atoms with Crippen LogP contribution in [0.2, 0.25) is 0 Å². The number of hydrogen-bond acceptors (Lipinski definition) is 3. The van der Waals surface area contributed by atoms with Gasteiger partial charge < -0.3 is 5.32 Å². The number of likely N-dealkylation sites (tertiary alicyclic amines) is 1. The van der Waals surface area contributed by atoms with Gasteiger partial charge >= 0.3 is 6.03 Å². The maximum atomic E-state index is 11.7. The second kappa shape index (κ2) is 8.08. The first-order valence-corrected chi connectivity index (χ1v) is 7.08. The van der Waals surface area contributed by atoms with Gasteiger partial charge in [-0.2, -0.15) is 0 Å². The molecule has 0 unspecified atom stereocenters. The van der Waals surface area contributed by atoms with E-state index in [-0.39, 0.29) is 6.54 Å². The highest BCUT2D eigenvalue weighted by molar-refractivity contribution is 6.04. The number of imide groups is 1. The van der Waals surface area contributed by atoms with Crippen molar-refractivity contribution in [2.75, 3.05) is 26.2 Å². The number of carbonyl (C=O) groups excluding carboxylic acids is 2. The monoisotopic (exact) mass is 285 g/mol. The second-order valence-corrected chi connectivity index (χ2v) is 4.84. The van der Waals surface area contributed by atoms with Gasteiger partial charge in [0.2, 0.25) is 0 Å². The van der Waals surface area contributed by atoms with Gasteiger partial charge in [-0.05, 0) is 38.1 Å². The smallest absolute Gasteiger partial charge is 0.322 e. The van der Waals surface area contributed by atoms with Crippen molar-refractivity contribution in [3.8, 4) is 11.8 Å². The maximum absolute atomic E-state index is 11.7. The second-order valence-electron chi connectivity index (χ2n) is 4.84. The number of hydrogen-bond donors (Lipinski definition) is 2. The van der Waals surface area contributed by atoms with E-state index in [0.717, 1.165) is 19.6 Å². The minimum Gasteiger partial charge on any atom is -0.327 e. The van der Waals surface area contributed by atoms with E-state index in [4.69, 9.17) is 0 Å². The molecule has 3 amide bonds. The van der Waals surface area contributed by atoms with Gasteiger partial charge in [-0.25, -0.2) is 4.79 Å². The van der Waals surface area contributed by atoms with Crippen LogP contribution in [-0.4, -0.2) is 43.0 Å². The Morgan fingerprint density at radius 2 is 1.81 bits per heavy atom. The van der Waals surface area contributed by atoms with Crippen molar-refractivity contribution >= 4 is 11.9 Å². The molecule has 5 nitrogen and oxygen atoms in total. The Morgan fingerprint density at radius 1 is 1.10 bits per heavy atom. The van der Waals surface area contributed by atoms with Crippen LogP contribution >= 0.6 is 0 Å². The van der Waals surface area contributed by atoms with Gasteiger partial charge in [0.15, 0.2) is 0 Å². The van der Waals surface area contributed by atoms with Crippen molar-refractivity contribution in [2.24, 2.45) is 0 Å². The molecule has 21 heavy (non-hydrogen) atoms. The zero-order valence-electron chi connectivity index (χ0n) is 11.9. The first kappa shape index (κ1) is 15.1. The van der Waals surface area contributed by atoms with Crippen molar-refractivity contribution in [2.45, 2.75) is 12.8 Å². The molecular weight excluding hydrogens is 266 g/mol. The van der Waals surface area contributed by atoms with Crippen LogP contribution in [0.3, 0.4) is 0 Å². The van der Waals surface area contributed by atoms with Gasteiger partial charge in [-0.3, -0.25) is 15.0 Å². The van der Waals surface area contributed by atoms with E-state index in [0.29, 0.717) is 5.56 Å². The van der Waals surface area contributed by atoms with Gasteiger partial charge in [0, 0.05) is 5.56 Å². The molecule has 110 valence electrons. The van der Waals surface area contributed by atoms with Gasteiger partial charge in [-0.1, -0.05) is 30.0 Å². The van der Waals surface area contributed by atoms with Crippen LogP contribution in [0.5, 0.6) is 0 Å². The number of carbonyl (C=O) groups is 2. The van der Waals surface area contributed by atoms with Crippen LogP contribution in [0.25, 0.3) is 0 Å². The molecule has 1 saturated heterocycles. The van der Waals surface area contributed by atoms with Gasteiger partial charge in [0.25, 0.3) is 5.91 Å². The average Bonchev–Trinajstić information content (AvgIpc) is 3.01. The van der Waals surface area contributed by atoms with E-state index in [1.807, 2.05) is 6.07 Å². The average molecular weight is 285 g/mol. The molecule has 2 rings (SSSR count). The third-order valence-corrected chi connectivity index (χ3v) is 3.23. The highest BCUT2D eigenvalue weighted by Gasteiger charge is 2.09. The van der Waals surface area contributed by atoms with Crippen LogP contribution in [-0.2, 0) is 0 Å². The van der Waals surface area contributed by atoms with E-state index in [1.165, 1.54) is 12.8 Å². The van der Waals surface area contributed by atoms with Gasteiger partial charge in [0.1, 0.15) is 0 Å². The molecule has 0 aromatic heterocycles. The molecule has 1 heterocycles. The molecule has 0 bridgehead atoms. The highest BCUT2D eigenvalue weighted by Crippen LogP contribution is 2.05. The quantitative estimate of drug-likeness (QED) is 0.821. The third kappa shape index (κ3) is 5.28. The van der Waals surface area contributed by atoms with Crippen LogP contribution in [0, 0.1) is 11.8 Å². The Kier molecular flexibility index (Phi) is 5.80. The number of nitrogens with one attached hydrogen (secondary N) is 2. The molecule has 0 saturated carbocycles. The zero-order chi connectivity index (χ0) is 14.9. The molecule has 0 radical (unpaired) electrons. The minimum absolute atomic E-state index is 0.238. The lowest BCUT2D eigenvalue weighted by Crippen LogP contribution is -2.39. The summed E-state index contributed by atoms with van der Waals surface area (Å²) in [5, 5.41) is 4.81. The summed E-state index contributed by atoms with van der Waals surface area (Å²) in [7, 11) is 0. The Hall–Kier alpha value is -2.32. The van der Waals surface area contributed by atoms with Gasteiger partial charge in [0.05, 0.1) is 13.1 Å². The van der Waals surface area contributed by atoms with Crippen LogP contribution < -0.4 is 10.6 Å². The number of nitrogens with zero attached hydrogens (tertiary/aromatic N) is 1. The van der Waals surface area contributed by atoms with E-state index in [1.54, 1.807) is 24.3 Å². The number of amides is 3. The predicted molar refractivity (Wildman–Crippen MR) is 80.8 cm³/mol. The maximum Gasteiger partial charge on any atom is 0.322 e. The lowest BCUT2D eigenvalue weighted by atomic mass is 10.2. The molecule has 0 spiro atoms. The predicted octanol–water partition coefficient (Wildman–Crippen LogP) is 1.23. The molecule has 0 atom stereocenters. The Labute approximate surface area is 124 Å². The molecule has 1 aromatic rings. The zero-order valence-corrected chi connectivity index (χ0v) is 11.9. The Bertz CT molecular complexity index is 540. The molecule has 1 aliphatic rings. The molecule has 1 fully saturated rings. The van der Waals surface area contributed by atoms with Crippen molar-refractivity contribution in [3.05, 3.63) is 35.9 Å². The topological polar surface area (TPSA) is 61.4 Å². The Balaban J connectivity index is 1.65. The molecule has 1 aliphatic heterocycles.